The van der Waals surface area contributed by atoms with E-state index in [1.54, 1.807) is 6.92 Å². The molecule has 1 aromatic heterocycles. The van der Waals surface area contributed by atoms with E-state index in [-0.39, 0.29) is 16.9 Å². The molecule has 26 heavy (non-hydrogen) atoms. The number of benzene rings is 2. The van der Waals surface area contributed by atoms with Crippen molar-refractivity contribution >= 4 is 11.8 Å². The average Bonchev–Trinajstić information content (AvgIpc) is 3.02. The summed E-state index contributed by atoms with van der Waals surface area (Å²) < 4.78 is 28.0. The predicted octanol–water partition coefficient (Wildman–Crippen LogP) is 2.53. The predicted molar refractivity (Wildman–Crippen MR) is 89.6 cm³/mol. The zero-order valence-electron chi connectivity index (χ0n) is 13.7. The Kier molecular flexibility index (Phi) is 4.74. The number of amides is 2. The number of nitrogens with one attached hydrogen (secondary N) is 2. The van der Waals surface area contributed by atoms with Crippen LogP contribution in [0, 0.1) is 18.6 Å². The van der Waals surface area contributed by atoms with Gasteiger partial charge < -0.3 is 0 Å². The number of halogens is 2. The van der Waals surface area contributed by atoms with Crippen molar-refractivity contribution in [1.29, 1.82) is 0 Å². The van der Waals surface area contributed by atoms with Crippen molar-refractivity contribution in [2.24, 2.45) is 0 Å². The average molecular weight is 356 g/mol. The standard InChI is InChI=1S/C18H14F2N4O2/c1-11-15(10-21-24(11)13-8-6-12(19)7-9-13)18(26)23-22-17(25)14-4-2-3-5-16(14)20/h2-10H,1H3,(H,22,25)(H,23,26). The minimum Gasteiger partial charge on any atom is -0.267 e. The topological polar surface area (TPSA) is 76.0 Å². The van der Waals surface area contributed by atoms with Crippen LogP contribution in [-0.2, 0) is 0 Å². The molecule has 2 N–H and O–H groups in total. The third-order valence-electron chi connectivity index (χ3n) is 3.73. The third kappa shape index (κ3) is 3.44. The van der Waals surface area contributed by atoms with Crippen LogP contribution in [0.1, 0.15) is 26.4 Å². The van der Waals surface area contributed by atoms with Gasteiger partial charge in [-0.3, -0.25) is 20.4 Å². The second-order valence-electron chi connectivity index (χ2n) is 5.42. The Morgan fingerprint density at radius 3 is 2.19 bits per heavy atom. The number of hydrazine groups is 1. The highest BCUT2D eigenvalue weighted by Crippen LogP contribution is 2.14. The molecule has 0 fully saturated rings. The van der Waals surface area contributed by atoms with Crippen LogP contribution in [0.15, 0.2) is 54.7 Å². The van der Waals surface area contributed by atoms with Crippen molar-refractivity contribution in [2.45, 2.75) is 6.92 Å². The molecule has 6 nitrogen and oxygen atoms in total. The number of nitrogens with zero attached hydrogens (tertiary/aromatic N) is 2. The quantitative estimate of drug-likeness (QED) is 0.708. The van der Waals surface area contributed by atoms with Gasteiger partial charge in [0.05, 0.1) is 28.7 Å². The largest absolute Gasteiger partial charge is 0.273 e. The van der Waals surface area contributed by atoms with Crippen LogP contribution in [0.3, 0.4) is 0 Å². The van der Waals surface area contributed by atoms with E-state index in [4.69, 9.17) is 0 Å². The summed E-state index contributed by atoms with van der Waals surface area (Å²) >= 11 is 0. The van der Waals surface area contributed by atoms with E-state index in [1.165, 1.54) is 53.3 Å². The number of carbonyl (C=O) groups is 2. The molecular weight excluding hydrogens is 342 g/mol. The Morgan fingerprint density at radius 1 is 0.923 bits per heavy atom. The van der Waals surface area contributed by atoms with Crippen LogP contribution >= 0.6 is 0 Å². The minimum atomic E-state index is -0.778. The van der Waals surface area contributed by atoms with E-state index in [9.17, 15) is 18.4 Å². The van der Waals surface area contributed by atoms with Gasteiger partial charge in [0.2, 0.25) is 0 Å². The first kappa shape index (κ1) is 17.3. The van der Waals surface area contributed by atoms with Gasteiger partial charge in [0.15, 0.2) is 0 Å². The molecule has 1 heterocycles. The van der Waals surface area contributed by atoms with E-state index in [2.05, 4.69) is 16.0 Å². The molecule has 3 rings (SSSR count). The molecule has 2 aromatic carbocycles. The van der Waals surface area contributed by atoms with Gasteiger partial charge in [0.25, 0.3) is 11.8 Å². The lowest BCUT2D eigenvalue weighted by molar-refractivity contribution is 0.0844. The smallest absolute Gasteiger partial charge is 0.267 e. The van der Waals surface area contributed by atoms with Gasteiger partial charge >= 0.3 is 0 Å². The van der Waals surface area contributed by atoms with E-state index < -0.39 is 17.6 Å². The first-order valence-electron chi connectivity index (χ1n) is 7.63. The Morgan fingerprint density at radius 2 is 1.54 bits per heavy atom. The molecule has 2 amide bonds. The number of aromatic nitrogens is 2. The molecule has 8 heteroatoms. The Balaban J connectivity index is 1.72. The monoisotopic (exact) mass is 356 g/mol. The van der Waals surface area contributed by atoms with Gasteiger partial charge in [-0.25, -0.2) is 13.5 Å². The fourth-order valence-electron chi connectivity index (χ4n) is 2.37. The molecule has 0 aliphatic rings. The lowest BCUT2D eigenvalue weighted by Gasteiger charge is -2.08. The van der Waals surface area contributed by atoms with E-state index in [0.717, 1.165) is 6.07 Å². The van der Waals surface area contributed by atoms with Crippen molar-refractivity contribution in [3.05, 3.63) is 83.2 Å². The minimum absolute atomic E-state index is 0.188. The van der Waals surface area contributed by atoms with Gasteiger partial charge in [-0.2, -0.15) is 5.10 Å². The molecule has 132 valence electrons. The second kappa shape index (κ2) is 7.14. The first-order valence-corrected chi connectivity index (χ1v) is 7.63. The normalized spacial score (nSPS) is 10.4. The molecule has 0 aliphatic carbocycles. The summed E-state index contributed by atoms with van der Waals surface area (Å²) in [6, 6.07) is 11.0. The van der Waals surface area contributed by atoms with Crippen molar-refractivity contribution in [1.82, 2.24) is 20.6 Å². The summed E-state index contributed by atoms with van der Waals surface area (Å²) in [4.78, 5) is 24.2. The number of hydrogen-bond acceptors (Lipinski definition) is 3. The molecule has 0 atom stereocenters. The molecule has 0 aliphatic heterocycles. The van der Waals surface area contributed by atoms with E-state index in [0.29, 0.717) is 11.4 Å². The van der Waals surface area contributed by atoms with E-state index in [1.807, 2.05) is 0 Å². The zero-order valence-corrected chi connectivity index (χ0v) is 13.7. The summed E-state index contributed by atoms with van der Waals surface area (Å²) in [5.41, 5.74) is 5.48. The Labute approximate surface area is 147 Å². The molecule has 0 unspecified atom stereocenters. The lowest BCUT2D eigenvalue weighted by atomic mass is 10.2. The van der Waals surface area contributed by atoms with Crippen LogP contribution in [0.5, 0.6) is 0 Å². The van der Waals surface area contributed by atoms with Crippen LogP contribution in [0.4, 0.5) is 8.78 Å². The summed E-state index contributed by atoms with van der Waals surface area (Å²) in [6.45, 7) is 1.66. The third-order valence-corrected chi connectivity index (χ3v) is 3.73. The molecule has 3 aromatic rings. The first-order chi connectivity index (χ1) is 12.5. The van der Waals surface area contributed by atoms with Gasteiger partial charge in [-0.15, -0.1) is 0 Å². The fraction of sp³-hybridized carbons (Fsp3) is 0.0556. The highest BCUT2D eigenvalue weighted by molar-refractivity contribution is 5.99. The Bertz CT molecular complexity index is 968. The van der Waals surface area contributed by atoms with Crippen LogP contribution in [0.25, 0.3) is 5.69 Å². The highest BCUT2D eigenvalue weighted by atomic mass is 19.1. The second-order valence-corrected chi connectivity index (χ2v) is 5.42. The summed E-state index contributed by atoms with van der Waals surface area (Å²) in [7, 11) is 0. The maximum atomic E-state index is 13.6. The van der Waals surface area contributed by atoms with Crippen LogP contribution in [0.2, 0.25) is 0 Å². The van der Waals surface area contributed by atoms with Crippen LogP contribution in [-0.4, -0.2) is 21.6 Å². The summed E-state index contributed by atoms with van der Waals surface area (Å²) in [5.74, 6) is -2.47. The Hall–Kier alpha value is -3.55. The van der Waals surface area contributed by atoms with Crippen molar-refractivity contribution in [3.63, 3.8) is 0 Å². The van der Waals surface area contributed by atoms with Gasteiger partial charge in [-0.1, -0.05) is 12.1 Å². The van der Waals surface area contributed by atoms with Gasteiger partial charge in [-0.05, 0) is 43.3 Å². The molecule has 0 saturated carbocycles. The van der Waals surface area contributed by atoms with E-state index >= 15 is 0 Å². The zero-order chi connectivity index (χ0) is 18.7. The van der Waals surface area contributed by atoms with Crippen molar-refractivity contribution in [2.75, 3.05) is 0 Å². The van der Waals surface area contributed by atoms with Gasteiger partial charge in [0.1, 0.15) is 11.6 Å². The molecule has 0 spiro atoms. The van der Waals surface area contributed by atoms with Crippen molar-refractivity contribution < 1.29 is 18.4 Å². The van der Waals surface area contributed by atoms with Crippen molar-refractivity contribution in [3.8, 4) is 5.69 Å². The molecule has 0 saturated heterocycles. The van der Waals surface area contributed by atoms with Gasteiger partial charge in [0, 0.05) is 0 Å². The lowest BCUT2D eigenvalue weighted by Crippen LogP contribution is -2.42. The number of rotatable bonds is 3. The highest BCUT2D eigenvalue weighted by Gasteiger charge is 2.17. The fourth-order valence-corrected chi connectivity index (χ4v) is 2.37. The van der Waals surface area contributed by atoms with Crippen LogP contribution < -0.4 is 10.9 Å². The summed E-state index contributed by atoms with van der Waals surface area (Å²) in [6.07, 6.45) is 1.32. The molecular formula is C18H14F2N4O2. The number of hydrogen-bond donors (Lipinski definition) is 2. The number of carbonyl (C=O) groups excluding carboxylic acids is 2. The maximum Gasteiger partial charge on any atom is 0.273 e. The SMILES string of the molecule is Cc1c(C(=O)NNC(=O)c2ccccc2F)cnn1-c1ccc(F)cc1. The molecule has 0 radical (unpaired) electrons. The molecule has 0 bridgehead atoms. The maximum absolute atomic E-state index is 13.6. The summed E-state index contributed by atoms with van der Waals surface area (Å²) in [5, 5.41) is 4.10.